The Kier molecular flexibility index (Phi) is 6.84. The van der Waals surface area contributed by atoms with E-state index in [2.05, 4.69) is 42.7 Å². The van der Waals surface area contributed by atoms with Crippen molar-refractivity contribution in [3.05, 3.63) is 71.2 Å². The van der Waals surface area contributed by atoms with Crippen molar-refractivity contribution >= 4 is 28.3 Å². The Balaban J connectivity index is 1.44. The predicted octanol–water partition coefficient (Wildman–Crippen LogP) is 4.51. The van der Waals surface area contributed by atoms with Gasteiger partial charge in [0.05, 0.1) is 11.0 Å². The Morgan fingerprint density at radius 1 is 1.03 bits per heavy atom. The van der Waals surface area contributed by atoms with Gasteiger partial charge in [-0.2, -0.15) is 0 Å². The number of benzene rings is 2. The number of nitrogens with zero attached hydrogens (tertiary/aromatic N) is 4. The number of hydrogen-bond acceptors (Lipinski definition) is 3. The maximum Gasteiger partial charge on any atom is 0.333 e. The topological polar surface area (TPSA) is 50.5 Å². The highest BCUT2D eigenvalue weighted by atomic mass is 16.2. The van der Waals surface area contributed by atoms with Crippen molar-refractivity contribution in [1.29, 1.82) is 0 Å². The van der Waals surface area contributed by atoms with Gasteiger partial charge in [0, 0.05) is 50.0 Å². The van der Waals surface area contributed by atoms with Crippen LogP contribution in [-0.2, 0) is 11.3 Å². The maximum absolute atomic E-state index is 13.0. The van der Waals surface area contributed by atoms with Crippen LogP contribution in [0.5, 0.6) is 0 Å². The molecule has 6 heteroatoms. The second-order valence-corrected chi connectivity index (χ2v) is 9.02. The minimum absolute atomic E-state index is 0.0299. The highest BCUT2D eigenvalue weighted by Gasteiger charge is 2.28. The van der Waals surface area contributed by atoms with E-state index in [1.807, 2.05) is 47.6 Å². The number of piperidine rings is 1. The Labute approximate surface area is 195 Å². The fraction of sp³-hybridized carbons (Fsp3) is 0.407. The van der Waals surface area contributed by atoms with Crippen molar-refractivity contribution in [2.75, 3.05) is 24.5 Å². The van der Waals surface area contributed by atoms with Crippen LogP contribution in [0.25, 0.3) is 16.7 Å². The summed E-state index contributed by atoms with van der Waals surface area (Å²) in [6.07, 6.45) is 2.37. The van der Waals surface area contributed by atoms with Crippen LogP contribution in [0, 0.1) is 6.92 Å². The molecule has 33 heavy (non-hydrogen) atoms. The third-order valence-electron chi connectivity index (χ3n) is 6.66. The molecular formula is C27H34N4O2. The summed E-state index contributed by atoms with van der Waals surface area (Å²) in [5, 5.41) is 0. The number of hydrogen-bond donors (Lipinski definition) is 0. The SMILES string of the molecule is C=C(C)n1c(=O)n(CCN2CCC(N(C(=O)CC)c3ccc(C)cc3)CC2)c2ccccc21. The summed E-state index contributed by atoms with van der Waals surface area (Å²) in [4.78, 5) is 30.2. The standard InChI is InChI=1S/C27H34N4O2/c1-5-26(32)31(22-12-10-21(4)11-13-22)23-14-16-28(17-15-23)18-19-29-24-8-6-7-9-25(24)30(20(2)3)27(29)33/h6-13,23H,2,5,14-19H2,1,3-4H3. The molecule has 3 aromatic rings. The summed E-state index contributed by atoms with van der Waals surface area (Å²) in [6, 6.07) is 16.3. The van der Waals surface area contributed by atoms with Gasteiger partial charge < -0.3 is 9.80 Å². The third kappa shape index (κ3) is 4.67. The van der Waals surface area contributed by atoms with Gasteiger partial charge >= 0.3 is 5.69 Å². The minimum Gasteiger partial charge on any atom is -0.309 e. The van der Waals surface area contributed by atoms with Crippen LogP contribution < -0.4 is 10.6 Å². The van der Waals surface area contributed by atoms with E-state index in [4.69, 9.17) is 0 Å². The third-order valence-corrected chi connectivity index (χ3v) is 6.66. The Morgan fingerprint density at radius 2 is 1.67 bits per heavy atom. The normalized spacial score (nSPS) is 15.1. The van der Waals surface area contributed by atoms with Gasteiger partial charge in [-0.25, -0.2) is 4.79 Å². The quantitative estimate of drug-likeness (QED) is 0.537. The molecule has 0 aliphatic carbocycles. The zero-order valence-corrected chi connectivity index (χ0v) is 20.0. The molecule has 6 nitrogen and oxygen atoms in total. The number of amides is 1. The molecular weight excluding hydrogens is 412 g/mol. The number of likely N-dealkylation sites (tertiary alicyclic amines) is 1. The highest BCUT2D eigenvalue weighted by molar-refractivity contribution is 5.93. The zero-order valence-electron chi connectivity index (χ0n) is 20.0. The fourth-order valence-electron chi connectivity index (χ4n) is 4.87. The lowest BCUT2D eigenvalue weighted by Gasteiger charge is -2.38. The molecule has 2 heterocycles. The molecule has 4 rings (SSSR count). The van der Waals surface area contributed by atoms with Crippen LogP contribution >= 0.6 is 0 Å². The molecule has 0 saturated carbocycles. The predicted molar refractivity (Wildman–Crippen MR) is 136 cm³/mol. The number of aromatic nitrogens is 2. The summed E-state index contributed by atoms with van der Waals surface area (Å²) in [6.45, 7) is 13.1. The Bertz CT molecular complexity index is 1200. The van der Waals surface area contributed by atoms with E-state index in [9.17, 15) is 9.59 Å². The minimum atomic E-state index is -0.0299. The van der Waals surface area contributed by atoms with E-state index < -0.39 is 0 Å². The first-order valence-electron chi connectivity index (χ1n) is 11.9. The number of imidazole rings is 1. The van der Waals surface area contributed by atoms with Gasteiger partial charge in [-0.1, -0.05) is 43.3 Å². The van der Waals surface area contributed by atoms with E-state index in [-0.39, 0.29) is 17.6 Å². The van der Waals surface area contributed by atoms with Gasteiger partial charge in [0.25, 0.3) is 0 Å². The van der Waals surface area contributed by atoms with Crippen LogP contribution in [0.15, 0.2) is 59.9 Å². The molecule has 0 spiro atoms. The first-order chi connectivity index (χ1) is 15.9. The second-order valence-electron chi connectivity index (χ2n) is 9.02. The van der Waals surface area contributed by atoms with Crippen molar-refractivity contribution in [2.45, 2.75) is 52.6 Å². The van der Waals surface area contributed by atoms with E-state index in [1.165, 1.54) is 5.56 Å². The van der Waals surface area contributed by atoms with Gasteiger partial charge in [0.15, 0.2) is 0 Å². The molecule has 0 N–H and O–H groups in total. The van der Waals surface area contributed by atoms with Crippen molar-refractivity contribution in [1.82, 2.24) is 14.0 Å². The van der Waals surface area contributed by atoms with E-state index in [0.29, 0.717) is 13.0 Å². The number of carbonyl (C=O) groups excluding carboxylic acids is 1. The summed E-state index contributed by atoms with van der Waals surface area (Å²) in [7, 11) is 0. The number of aryl methyl sites for hydroxylation is 1. The molecule has 174 valence electrons. The lowest BCUT2D eigenvalue weighted by molar-refractivity contribution is -0.119. The first kappa shape index (κ1) is 23.1. The summed E-state index contributed by atoms with van der Waals surface area (Å²) in [5.74, 6) is 0.177. The lowest BCUT2D eigenvalue weighted by Crippen LogP contribution is -2.48. The van der Waals surface area contributed by atoms with Crippen molar-refractivity contribution < 1.29 is 4.79 Å². The summed E-state index contributed by atoms with van der Waals surface area (Å²) >= 11 is 0. The largest absolute Gasteiger partial charge is 0.333 e. The monoisotopic (exact) mass is 446 g/mol. The van der Waals surface area contributed by atoms with Gasteiger partial charge in [-0.05, 0) is 51.0 Å². The van der Waals surface area contributed by atoms with Crippen LogP contribution in [-0.4, -0.2) is 45.6 Å². The maximum atomic E-state index is 13.0. The van der Waals surface area contributed by atoms with Gasteiger partial charge in [0.2, 0.25) is 5.91 Å². The Morgan fingerprint density at radius 3 is 2.27 bits per heavy atom. The molecule has 0 bridgehead atoms. The van der Waals surface area contributed by atoms with Gasteiger partial charge in [0.1, 0.15) is 0 Å². The molecule has 1 saturated heterocycles. The summed E-state index contributed by atoms with van der Waals surface area (Å²) < 4.78 is 3.55. The highest BCUT2D eigenvalue weighted by Crippen LogP contribution is 2.25. The van der Waals surface area contributed by atoms with Crippen LogP contribution in [0.4, 0.5) is 5.69 Å². The molecule has 0 radical (unpaired) electrons. The molecule has 1 aromatic heterocycles. The van der Waals surface area contributed by atoms with Crippen LogP contribution in [0.3, 0.4) is 0 Å². The Hall–Kier alpha value is -3.12. The van der Waals surface area contributed by atoms with Crippen molar-refractivity contribution in [3.8, 4) is 0 Å². The lowest BCUT2D eigenvalue weighted by atomic mass is 10.0. The molecule has 0 atom stereocenters. The fourth-order valence-corrected chi connectivity index (χ4v) is 4.87. The van der Waals surface area contributed by atoms with E-state index in [0.717, 1.165) is 54.9 Å². The zero-order chi connectivity index (χ0) is 23.5. The second kappa shape index (κ2) is 9.79. The van der Waals surface area contributed by atoms with Gasteiger partial charge in [-0.15, -0.1) is 0 Å². The molecule has 1 aliphatic rings. The first-order valence-corrected chi connectivity index (χ1v) is 11.9. The van der Waals surface area contributed by atoms with Gasteiger partial charge in [-0.3, -0.25) is 13.9 Å². The molecule has 0 unspecified atom stereocenters. The molecule has 1 fully saturated rings. The van der Waals surface area contributed by atoms with Crippen molar-refractivity contribution in [2.24, 2.45) is 0 Å². The van der Waals surface area contributed by atoms with Crippen LogP contribution in [0.1, 0.15) is 38.7 Å². The molecule has 2 aromatic carbocycles. The number of anilines is 1. The number of fused-ring (bicyclic) bond motifs is 1. The van der Waals surface area contributed by atoms with Crippen molar-refractivity contribution in [3.63, 3.8) is 0 Å². The average molecular weight is 447 g/mol. The smallest absolute Gasteiger partial charge is 0.309 e. The number of para-hydroxylation sites is 2. The van der Waals surface area contributed by atoms with Crippen LogP contribution in [0.2, 0.25) is 0 Å². The molecule has 1 amide bonds. The summed E-state index contributed by atoms with van der Waals surface area (Å²) in [5.41, 5.74) is 4.73. The average Bonchev–Trinajstić information content (AvgIpc) is 3.11. The number of allylic oxidation sites excluding steroid dienone is 1. The van der Waals surface area contributed by atoms with E-state index >= 15 is 0 Å². The number of rotatable bonds is 7. The van der Waals surface area contributed by atoms with E-state index in [1.54, 1.807) is 4.57 Å². The molecule has 1 aliphatic heterocycles. The number of carbonyl (C=O) groups is 1.